The van der Waals surface area contributed by atoms with Gasteiger partial charge in [-0.2, -0.15) is 0 Å². The Morgan fingerprint density at radius 2 is 1.82 bits per heavy atom. The molecule has 7 nitrogen and oxygen atoms in total. The van der Waals surface area contributed by atoms with Gasteiger partial charge >= 0.3 is 5.97 Å². The fourth-order valence-corrected chi connectivity index (χ4v) is 4.78. The summed E-state index contributed by atoms with van der Waals surface area (Å²) in [6.45, 7) is 3.98. The van der Waals surface area contributed by atoms with Gasteiger partial charge in [0.1, 0.15) is 17.9 Å². The van der Waals surface area contributed by atoms with Crippen molar-refractivity contribution in [1.82, 2.24) is 4.90 Å². The number of anilines is 1. The fraction of sp³-hybridized carbons (Fsp3) is 0.571. The Bertz CT molecular complexity index is 776. The molecule has 3 rings (SSSR count). The molecule has 28 heavy (non-hydrogen) atoms. The molecule has 0 unspecified atom stereocenters. The van der Waals surface area contributed by atoms with Gasteiger partial charge < -0.3 is 15.0 Å². The largest absolute Gasteiger partial charge is 0.461 e. The molecule has 2 aliphatic rings. The van der Waals surface area contributed by atoms with Gasteiger partial charge in [0.05, 0.1) is 6.61 Å². The molecule has 2 aliphatic heterocycles. The normalized spacial score (nSPS) is 29.2. The number of quaternary nitrogens is 1. The smallest absolute Gasteiger partial charge is 0.368 e. The van der Waals surface area contributed by atoms with Crippen LogP contribution < -0.4 is 10.2 Å². The number of nitrogens with zero attached hydrogens (tertiary/aromatic N) is 2. The molecular formula is C21H30N3O4+. The number of fused-ring (bicyclic) bond motifs is 1. The first-order chi connectivity index (χ1) is 13.3. The molecule has 0 saturated carbocycles. The first-order valence-corrected chi connectivity index (χ1v) is 9.90. The van der Waals surface area contributed by atoms with Crippen molar-refractivity contribution in [1.29, 1.82) is 0 Å². The fourth-order valence-electron chi connectivity index (χ4n) is 4.78. The van der Waals surface area contributed by atoms with Crippen LogP contribution in [0, 0.1) is 11.8 Å². The molecule has 4 atom stereocenters. The van der Waals surface area contributed by atoms with Crippen LogP contribution in [0.2, 0.25) is 0 Å². The van der Waals surface area contributed by atoms with E-state index in [2.05, 4.69) is 0 Å². The van der Waals surface area contributed by atoms with Crippen LogP contribution >= 0.6 is 0 Å². The Kier molecular flexibility index (Phi) is 5.48. The molecule has 2 amide bonds. The number of nitrogens with two attached hydrogens (primary N) is 1. The molecule has 0 radical (unpaired) electrons. The second-order valence-electron chi connectivity index (χ2n) is 7.93. The second-order valence-corrected chi connectivity index (χ2v) is 7.93. The van der Waals surface area contributed by atoms with Crippen LogP contribution in [-0.2, 0) is 19.1 Å². The number of likely N-dealkylation sites (tertiary alicyclic amines) is 1. The van der Waals surface area contributed by atoms with Gasteiger partial charge in [-0.05, 0) is 25.5 Å². The zero-order valence-electron chi connectivity index (χ0n) is 17.3. The second kappa shape index (κ2) is 7.54. The van der Waals surface area contributed by atoms with E-state index in [-0.39, 0.29) is 24.5 Å². The molecule has 2 fully saturated rings. The van der Waals surface area contributed by atoms with Crippen molar-refractivity contribution in [2.45, 2.75) is 38.3 Å². The molecule has 0 spiro atoms. The van der Waals surface area contributed by atoms with Gasteiger partial charge in [-0.3, -0.25) is 14.5 Å². The van der Waals surface area contributed by atoms with Crippen LogP contribution in [0.4, 0.5) is 5.69 Å². The molecule has 152 valence electrons. The summed E-state index contributed by atoms with van der Waals surface area (Å²) in [6.07, 6.45) is 1.21. The number of benzene rings is 1. The highest BCUT2D eigenvalue weighted by Crippen LogP contribution is 2.45. The average molecular weight is 388 g/mol. The maximum absolute atomic E-state index is 13.0. The van der Waals surface area contributed by atoms with Gasteiger partial charge in [0, 0.05) is 38.8 Å². The zero-order valence-corrected chi connectivity index (χ0v) is 17.3. The topological polar surface area (TPSA) is 83.5 Å². The number of imide groups is 1. The van der Waals surface area contributed by atoms with E-state index in [9.17, 15) is 14.4 Å². The molecule has 2 saturated heterocycles. The van der Waals surface area contributed by atoms with Gasteiger partial charge in [-0.25, -0.2) is 4.79 Å². The van der Waals surface area contributed by atoms with E-state index in [0.29, 0.717) is 6.42 Å². The number of hydrogen-bond donors (Lipinski definition) is 1. The SMILES string of the molecule is CCC[C@]1(C(=O)OCC)[NH2+][C@@H](c2ccc(N(C)C)cc2)[C@H]2C(=O)N(C)C(=O)[C@@H]21. The maximum atomic E-state index is 13.0. The van der Waals surface area contributed by atoms with Crippen molar-refractivity contribution in [3.8, 4) is 0 Å². The van der Waals surface area contributed by atoms with Crippen molar-refractivity contribution >= 4 is 23.5 Å². The lowest BCUT2D eigenvalue weighted by atomic mass is 9.77. The highest BCUT2D eigenvalue weighted by molar-refractivity contribution is 6.08. The number of carbonyl (C=O) groups excluding carboxylic acids is 3. The Morgan fingerprint density at radius 3 is 2.36 bits per heavy atom. The minimum atomic E-state index is -1.06. The summed E-state index contributed by atoms with van der Waals surface area (Å²) in [5.74, 6) is -2.13. The number of rotatable bonds is 6. The molecule has 1 aromatic rings. The molecule has 0 aromatic heterocycles. The van der Waals surface area contributed by atoms with Gasteiger partial charge in [0.2, 0.25) is 17.4 Å². The van der Waals surface area contributed by atoms with E-state index in [1.807, 2.05) is 55.5 Å². The van der Waals surface area contributed by atoms with Crippen molar-refractivity contribution in [2.75, 3.05) is 32.6 Å². The Morgan fingerprint density at radius 1 is 1.18 bits per heavy atom. The summed E-state index contributed by atoms with van der Waals surface area (Å²) in [7, 11) is 5.44. The van der Waals surface area contributed by atoms with Gasteiger partial charge in [0.25, 0.3) is 0 Å². The molecule has 2 heterocycles. The zero-order chi connectivity index (χ0) is 20.6. The summed E-state index contributed by atoms with van der Waals surface area (Å²) >= 11 is 0. The first kappa shape index (κ1) is 20.3. The Balaban J connectivity index is 2.08. The lowest BCUT2D eigenvalue weighted by Gasteiger charge is -2.29. The first-order valence-electron chi connectivity index (χ1n) is 9.90. The average Bonchev–Trinajstić information content (AvgIpc) is 3.13. The summed E-state index contributed by atoms with van der Waals surface area (Å²) < 4.78 is 5.38. The number of ether oxygens (including phenoxy) is 1. The predicted octanol–water partition coefficient (Wildman–Crippen LogP) is 0.704. The number of carbonyl (C=O) groups is 3. The number of amides is 2. The standard InChI is InChI=1S/C21H29N3O4/c1-6-12-21(20(27)28-7-2)16-15(18(25)24(5)19(16)26)17(22-21)13-8-10-14(11-9-13)23(3)4/h8-11,15-17,22H,6-7,12H2,1-5H3/p+1/t15-,16+,17-,21-/m0/s1. The van der Waals surface area contributed by atoms with E-state index in [1.54, 1.807) is 6.92 Å². The minimum Gasteiger partial charge on any atom is -0.461 e. The third-order valence-electron chi connectivity index (χ3n) is 6.10. The monoisotopic (exact) mass is 388 g/mol. The number of esters is 1. The minimum absolute atomic E-state index is 0.213. The van der Waals surface area contributed by atoms with Crippen molar-refractivity contribution in [3.63, 3.8) is 0 Å². The van der Waals surface area contributed by atoms with E-state index in [4.69, 9.17) is 4.74 Å². The van der Waals surface area contributed by atoms with Gasteiger partial charge in [-0.15, -0.1) is 0 Å². The van der Waals surface area contributed by atoms with Crippen LogP contribution in [0.3, 0.4) is 0 Å². The van der Waals surface area contributed by atoms with E-state index in [1.165, 1.54) is 11.9 Å². The van der Waals surface area contributed by atoms with Crippen LogP contribution in [0.5, 0.6) is 0 Å². The molecule has 2 N–H and O–H groups in total. The van der Waals surface area contributed by atoms with E-state index >= 15 is 0 Å². The third kappa shape index (κ3) is 2.98. The molecule has 0 aliphatic carbocycles. The maximum Gasteiger partial charge on any atom is 0.368 e. The quantitative estimate of drug-likeness (QED) is 0.573. The van der Waals surface area contributed by atoms with Gasteiger partial charge in [-0.1, -0.05) is 19.1 Å². The van der Waals surface area contributed by atoms with Crippen molar-refractivity contribution in [3.05, 3.63) is 29.8 Å². The van der Waals surface area contributed by atoms with E-state index < -0.39 is 23.3 Å². The summed E-state index contributed by atoms with van der Waals surface area (Å²) in [5.41, 5.74) is 0.937. The lowest BCUT2D eigenvalue weighted by Crippen LogP contribution is -2.98. The highest BCUT2D eigenvalue weighted by Gasteiger charge is 2.71. The Hall–Kier alpha value is -2.41. The summed E-state index contributed by atoms with van der Waals surface area (Å²) in [4.78, 5) is 42.2. The lowest BCUT2D eigenvalue weighted by molar-refractivity contribution is -0.735. The molecular weight excluding hydrogens is 358 g/mol. The number of hydrogen-bond acceptors (Lipinski definition) is 5. The third-order valence-corrected chi connectivity index (χ3v) is 6.10. The van der Waals surface area contributed by atoms with Gasteiger partial charge in [0.15, 0.2) is 0 Å². The van der Waals surface area contributed by atoms with Crippen molar-refractivity contribution < 1.29 is 24.4 Å². The molecule has 1 aromatic carbocycles. The van der Waals surface area contributed by atoms with Crippen LogP contribution in [0.25, 0.3) is 0 Å². The van der Waals surface area contributed by atoms with Crippen LogP contribution in [-0.4, -0.2) is 56.0 Å². The molecule has 0 bridgehead atoms. The molecule has 7 heteroatoms. The summed E-state index contributed by atoms with van der Waals surface area (Å²) in [5, 5.41) is 1.93. The highest BCUT2D eigenvalue weighted by atomic mass is 16.5. The summed E-state index contributed by atoms with van der Waals surface area (Å²) in [6, 6.07) is 7.66. The Labute approximate surface area is 166 Å². The van der Waals surface area contributed by atoms with E-state index in [0.717, 1.165) is 17.7 Å². The predicted molar refractivity (Wildman–Crippen MR) is 104 cm³/mol. The van der Waals surface area contributed by atoms with Crippen LogP contribution in [0.1, 0.15) is 38.3 Å². The van der Waals surface area contributed by atoms with Crippen LogP contribution in [0.15, 0.2) is 24.3 Å². The van der Waals surface area contributed by atoms with Crippen molar-refractivity contribution in [2.24, 2.45) is 11.8 Å².